The molecule has 6 nitrogen and oxygen atoms in total. The number of aromatic nitrogens is 2. The van der Waals surface area contributed by atoms with Crippen molar-refractivity contribution in [2.24, 2.45) is 7.05 Å². The Balaban J connectivity index is 2.69. The molecule has 0 atom stereocenters. The number of ether oxygens (including phenoxy) is 1. The maximum absolute atomic E-state index is 11.0. The molecule has 2 rings (SSSR count). The van der Waals surface area contributed by atoms with Crippen molar-refractivity contribution in [3.05, 3.63) is 29.0 Å². The summed E-state index contributed by atoms with van der Waals surface area (Å²) < 4.78 is 6.64. The first-order chi connectivity index (χ1) is 9.36. The number of phenols is 1. The zero-order chi connectivity index (χ0) is 15.0. The van der Waals surface area contributed by atoms with Gasteiger partial charge in [-0.05, 0) is 37.1 Å². The number of aryl methyl sites for hydroxylation is 1. The molecule has 1 heterocycles. The minimum absolute atomic E-state index is 0.0217. The van der Waals surface area contributed by atoms with Gasteiger partial charge in [0.15, 0.2) is 17.2 Å². The van der Waals surface area contributed by atoms with E-state index in [2.05, 4.69) is 5.10 Å². The molecule has 0 bridgehead atoms. The van der Waals surface area contributed by atoms with Crippen LogP contribution < -0.4 is 4.74 Å². The summed E-state index contributed by atoms with van der Waals surface area (Å²) in [4.78, 5) is 11.0. The fraction of sp³-hybridized carbons (Fsp3) is 0.286. The molecule has 1 aromatic carbocycles. The van der Waals surface area contributed by atoms with Crippen molar-refractivity contribution in [2.45, 2.75) is 13.8 Å². The molecule has 20 heavy (non-hydrogen) atoms. The Labute approximate surface area is 116 Å². The van der Waals surface area contributed by atoms with Crippen LogP contribution in [0.3, 0.4) is 0 Å². The number of methoxy groups -OCH3 is 1. The van der Waals surface area contributed by atoms with E-state index in [-0.39, 0.29) is 11.4 Å². The molecule has 0 spiro atoms. The second-order valence-corrected chi connectivity index (χ2v) is 4.57. The highest BCUT2D eigenvalue weighted by atomic mass is 16.5. The van der Waals surface area contributed by atoms with Crippen LogP contribution in [0.5, 0.6) is 11.5 Å². The maximum Gasteiger partial charge on any atom is 0.356 e. The van der Waals surface area contributed by atoms with Crippen LogP contribution >= 0.6 is 0 Å². The predicted octanol–water partition coefficient (Wildman–Crippen LogP) is 2.12. The van der Waals surface area contributed by atoms with Crippen molar-refractivity contribution in [3.63, 3.8) is 0 Å². The maximum atomic E-state index is 11.0. The van der Waals surface area contributed by atoms with Crippen molar-refractivity contribution < 1.29 is 19.7 Å². The number of carbonyl (C=O) groups is 1. The molecule has 0 saturated carbocycles. The van der Waals surface area contributed by atoms with E-state index in [0.717, 1.165) is 11.1 Å². The van der Waals surface area contributed by atoms with E-state index in [1.807, 2.05) is 6.92 Å². The lowest BCUT2D eigenvalue weighted by Gasteiger charge is -2.14. The first kappa shape index (κ1) is 13.9. The number of carboxylic acid groups (broad SMARTS) is 1. The Morgan fingerprint density at radius 2 is 1.95 bits per heavy atom. The lowest BCUT2D eigenvalue weighted by molar-refractivity contribution is 0.0689. The monoisotopic (exact) mass is 276 g/mol. The van der Waals surface area contributed by atoms with Crippen LogP contribution in [-0.2, 0) is 7.05 Å². The number of rotatable bonds is 3. The predicted molar refractivity (Wildman–Crippen MR) is 73.3 cm³/mol. The molecule has 0 aliphatic carbocycles. The number of aromatic hydroxyl groups is 1. The average molecular weight is 276 g/mol. The van der Waals surface area contributed by atoms with E-state index in [1.54, 1.807) is 20.0 Å². The number of aromatic carboxylic acids is 1. The van der Waals surface area contributed by atoms with Gasteiger partial charge >= 0.3 is 5.97 Å². The molecule has 1 aromatic heterocycles. The van der Waals surface area contributed by atoms with Gasteiger partial charge in [-0.1, -0.05) is 0 Å². The number of nitrogens with zero attached hydrogens (tertiary/aromatic N) is 2. The molecule has 0 aliphatic rings. The third-order valence-corrected chi connectivity index (χ3v) is 3.43. The fourth-order valence-corrected chi connectivity index (χ4v) is 2.12. The summed E-state index contributed by atoms with van der Waals surface area (Å²) >= 11 is 0. The summed E-state index contributed by atoms with van der Waals surface area (Å²) in [7, 11) is 3.15. The van der Waals surface area contributed by atoms with E-state index in [1.165, 1.54) is 17.9 Å². The molecule has 2 aromatic rings. The molecule has 0 fully saturated rings. The molecular weight excluding hydrogens is 260 g/mol. The van der Waals surface area contributed by atoms with Gasteiger partial charge in [-0.15, -0.1) is 0 Å². The van der Waals surface area contributed by atoms with Crippen LogP contribution in [0.25, 0.3) is 11.3 Å². The van der Waals surface area contributed by atoms with Gasteiger partial charge in [0.2, 0.25) is 0 Å². The van der Waals surface area contributed by atoms with Gasteiger partial charge < -0.3 is 14.9 Å². The number of phenolic OH excluding ortho intramolecular Hbond substituents is 1. The summed E-state index contributed by atoms with van der Waals surface area (Å²) in [5.41, 5.74) is 2.95. The van der Waals surface area contributed by atoms with Gasteiger partial charge in [-0.2, -0.15) is 5.10 Å². The second-order valence-electron chi connectivity index (χ2n) is 4.57. The second kappa shape index (κ2) is 4.88. The SMILES string of the molecule is COc1cc(-c2cc(C(=O)O)nn2C)c(C)c(C)c1O. The zero-order valence-electron chi connectivity index (χ0n) is 11.8. The Hall–Kier alpha value is -2.50. The normalized spacial score (nSPS) is 10.6. The quantitative estimate of drug-likeness (QED) is 0.897. The summed E-state index contributed by atoms with van der Waals surface area (Å²) in [6.07, 6.45) is 0. The van der Waals surface area contributed by atoms with Gasteiger partial charge in [0, 0.05) is 12.6 Å². The number of benzene rings is 1. The van der Waals surface area contributed by atoms with Gasteiger partial charge in [-0.25, -0.2) is 4.79 Å². The smallest absolute Gasteiger partial charge is 0.356 e. The highest BCUT2D eigenvalue weighted by Gasteiger charge is 2.18. The van der Waals surface area contributed by atoms with Gasteiger partial charge in [-0.3, -0.25) is 4.68 Å². The standard InChI is InChI=1S/C14H16N2O4/c1-7-8(2)13(17)12(20-4)5-9(7)11-6-10(14(18)19)15-16(11)3/h5-6,17H,1-4H3,(H,18,19). The molecule has 0 radical (unpaired) electrons. The molecule has 0 amide bonds. The first-order valence-electron chi connectivity index (χ1n) is 6.01. The topological polar surface area (TPSA) is 84.6 Å². The van der Waals surface area contributed by atoms with E-state index < -0.39 is 5.97 Å². The number of carboxylic acids is 1. The first-order valence-corrected chi connectivity index (χ1v) is 6.01. The van der Waals surface area contributed by atoms with Crippen molar-refractivity contribution in [3.8, 4) is 22.8 Å². The summed E-state index contributed by atoms with van der Waals surface area (Å²) in [6, 6.07) is 3.18. The molecule has 2 N–H and O–H groups in total. The minimum Gasteiger partial charge on any atom is -0.504 e. The summed E-state index contributed by atoms with van der Waals surface area (Å²) in [5.74, 6) is -0.637. The van der Waals surface area contributed by atoms with Crippen molar-refractivity contribution in [1.29, 1.82) is 0 Å². The highest BCUT2D eigenvalue weighted by Crippen LogP contribution is 2.38. The highest BCUT2D eigenvalue weighted by molar-refractivity contribution is 5.87. The van der Waals surface area contributed by atoms with E-state index in [4.69, 9.17) is 9.84 Å². The average Bonchev–Trinajstić information content (AvgIpc) is 2.79. The molecule has 6 heteroatoms. The Bertz CT molecular complexity index is 689. The van der Waals surface area contributed by atoms with Crippen LogP contribution in [-0.4, -0.2) is 33.1 Å². The lowest BCUT2D eigenvalue weighted by Crippen LogP contribution is -2.00. The van der Waals surface area contributed by atoms with Crippen molar-refractivity contribution >= 4 is 5.97 Å². The van der Waals surface area contributed by atoms with Crippen molar-refractivity contribution in [2.75, 3.05) is 7.11 Å². The lowest BCUT2D eigenvalue weighted by atomic mass is 9.99. The Morgan fingerprint density at radius 3 is 2.45 bits per heavy atom. The molecule has 0 unspecified atom stereocenters. The molecular formula is C14H16N2O4. The largest absolute Gasteiger partial charge is 0.504 e. The Kier molecular flexibility index (Phi) is 3.40. The van der Waals surface area contributed by atoms with Crippen LogP contribution in [0, 0.1) is 13.8 Å². The van der Waals surface area contributed by atoms with Crippen LogP contribution in [0.4, 0.5) is 0 Å². The zero-order valence-corrected chi connectivity index (χ0v) is 11.8. The van der Waals surface area contributed by atoms with E-state index in [9.17, 15) is 9.90 Å². The van der Waals surface area contributed by atoms with Crippen LogP contribution in [0.1, 0.15) is 21.6 Å². The third kappa shape index (κ3) is 2.09. The van der Waals surface area contributed by atoms with Crippen LogP contribution in [0.2, 0.25) is 0 Å². The minimum atomic E-state index is -1.08. The molecule has 106 valence electrons. The van der Waals surface area contributed by atoms with Crippen molar-refractivity contribution in [1.82, 2.24) is 9.78 Å². The summed E-state index contributed by atoms with van der Waals surface area (Å²) in [6.45, 7) is 3.64. The Morgan fingerprint density at radius 1 is 1.30 bits per heavy atom. The number of hydrogen-bond donors (Lipinski definition) is 2. The third-order valence-electron chi connectivity index (χ3n) is 3.43. The van der Waals surface area contributed by atoms with Crippen LogP contribution in [0.15, 0.2) is 12.1 Å². The van der Waals surface area contributed by atoms with Gasteiger partial charge in [0.1, 0.15) is 0 Å². The van der Waals surface area contributed by atoms with Gasteiger partial charge in [0.25, 0.3) is 0 Å². The fourth-order valence-electron chi connectivity index (χ4n) is 2.12. The van der Waals surface area contributed by atoms with E-state index in [0.29, 0.717) is 17.0 Å². The van der Waals surface area contributed by atoms with E-state index >= 15 is 0 Å². The summed E-state index contributed by atoms with van der Waals surface area (Å²) in [5, 5.41) is 22.9. The number of hydrogen-bond acceptors (Lipinski definition) is 4. The molecule has 0 aliphatic heterocycles. The molecule has 0 saturated heterocycles. The van der Waals surface area contributed by atoms with Gasteiger partial charge in [0.05, 0.1) is 12.8 Å².